The molecule has 19 heteroatoms. The lowest BCUT2D eigenvalue weighted by molar-refractivity contribution is -0.135. The molecule has 1 saturated carbocycles. The zero-order valence-electron chi connectivity index (χ0n) is 36.8. The van der Waals surface area contributed by atoms with Crippen molar-refractivity contribution in [1.29, 1.82) is 0 Å². The first-order chi connectivity index (χ1) is 29.5. The second-order valence-corrected chi connectivity index (χ2v) is 16.7. The number of rotatable bonds is 29. The van der Waals surface area contributed by atoms with Crippen molar-refractivity contribution in [2.45, 2.75) is 153 Å². The van der Waals surface area contributed by atoms with E-state index in [1.165, 1.54) is 6.92 Å². The molecule has 62 heavy (non-hydrogen) atoms. The Bertz CT molecular complexity index is 1600. The number of guanidine groups is 1. The van der Waals surface area contributed by atoms with E-state index in [2.05, 4.69) is 36.9 Å². The minimum absolute atomic E-state index is 0.00525. The fourth-order valence-corrected chi connectivity index (χ4v) is 7.48. The van der Waals surface area contributed by atoms with Crippen molar-refractivity contribution in [3.8, 4) is 0 Å². The topological polar surface area (TPSA) is 328 Å². The van der Waals surface area contributed by atoms with Gasteiger partial charge < -0.3 is 59.9 Å². The molecule has 1 aliphatic carbocycles. The molecular weight excluding hydrogens is 799 g/mol. The maximum atomic E-state index is 14.3. The molecule has 0 aliphatic heterocycles. The van der Waals surface area contributed by atoms with Crippen molar-refractivity contribution in [2.24, 2.45) is 39.8 Å². The highest BCUT2D eigenvalue weighted by Gasteiger charge is 2.34. The van der Waals surface area contributed by atoms with Crippen LogP contribution in [0.25, 0.3) is 0 Å². The van der Waals surface area contributed by atoms with Crippen molar-refractivity contribution in [1.82, 2.24) is 31.9 Å². The fourth-order valence-electron chi connectivity index (χ4n) is 7.48. The number of nitrogens with two attached hydrogens (primary N) is 4. The smallest absolute Gasteiger partial charge is 0.243 e. The van der Waals surface area contributed by atoms with Gasteiger partial charge in [-0.25, -0.2) is 0 Å². The Morgan fingerprint density at radius 1 is 0.694 bits per heavy atom. The molecule has 15 N–H and O–H groups in total. The first-order valence-electron chi connectivity index (χ1n) is 22.0. The third-order valence-electron chi connectivity index (χ3n) is 10.7. The molecule has 0 aromatic heterocycles. The highest BCUT2D eigenvalue weighted by molar-refractivity contribution is 5.96. The van der Waals surface area contributed by atoms with Crippen molar-refractivity contribution in [3.63, 3.8) is 0 Å². The average Bonchev–Trinajstić information content (AvgIpc) is 3.22. The second kappa shape index (κ2) is 29.1. The molecule has 0 saturated heterocycles. The highest BCUT2D eigenvalue weighted by Crippen LogP contribution is 2.27. The molecule has 1 aliphatic rings. The molecular formula is C43H73N11O8. The van der Waals surface area contributed by atoms with E-state index in [0.717, 1.165) is 37.7 Å². The molecule has 1 aromatic rings. The molecule has 2 rings (SSSR count). The second-order valence-electron chi connectivity index (χ2n) is 16.7. The van der Waals surface area contributed by atoms with Gasteiger partial charge in [0.25, 0.3) is 0 Å². The number of aliphatic hydroxyl groups is 1. The first kappa shape index (κ1) is 52.8. The van der Waals surface area contributed by atoms with Gasteiger partial charge in [-0.1, -0.05) is 76.3 Å². The number of carbonyl (C=O) groups excluding carboxylic acids is 7. The van der Waals surface area contributed by atoms with Crippen LogP contribution in [0, 0.1) is 11.8 Å². The summed E-state index contributed by atoms with van der Waals surface area (Å²) in [6.07, 6.45) is 6.69. The van der Waals surface area contributed by atoms with Crippen LogP contribution in [0.15, 0.2) is 35.3 Å². The van der Waals surface area contributed by atoms with Gasteiger partial charge in [-0.2, -0.15) is 0 Å². The summed E-state index contributed by atoms with van der Waals surface area (Å²) in [5.74, 6) is -4.45. The van der Waals surface area contributed by atoms with Crippen LogP contribution in [0.2, 0.25) is 0 Å². The van der Waals surface area contributed by atoms with E-state index in [1.54, 1.807) is 0 Å². The minimum Gasteiger partial charge on any atom is -0.394 e. The summed E-state index contributed by atoms with van der Waals surface area (Å²) in [4.78, 5) is 97.4. The number of amides is 7. The van der Waals surface area contributed by atoms with Gasteiger partial charge in [0, 0.05) is 19.9 Å². The van der Waals surface area contributed by atoms with Crippen LogP contribution in [0.1, 0.15) is 116 Å². The number of aliphatic hydroxyl groups excluding tert-OH is 1. The van der Waals surface area contributed by atoms with E-state index >= 15 is 0 Å². The highest BCUT2D eigenvalue weighted by atomic mass is 16.3. The van der Waals surface area contributed by atoms with E-state index in [4.69, 9.17) is 22.9 Å². The van der Waals surface area contributed by atoms with Gasteiger partial charge in [0.2, 0.25) is 41.4 Å². The van der Waals surface area contributed by atoms with Crippen molar-refractivity contribution in [3.05, 3.63) is 35.9 Å². The number of hydrogen-bond donors (Lipinski definition) is 11. The Morgan fingerprint density at radius 3 is 1.77 bits per heavy atom. The molecule has 348 valence electrons. The third-order valence-corrected chi connectivity index (χ3v) is 10.7. The third kappa shape index (κ3) is 21.5. The predicted molar refractivity (Wildman–Crippen MR) is 236 cm³/mol. The summed E-state index contributed by atoms with van der Waals surface area (Å²) in [5, 5.41) is 26.6. The van der Waals surface area contributed by atoms with Crippen LogP contribution in [0.3, 0.4) is 0 Å². The average molecular weight is 872 g/mol. The van der Waals surface area contributed by atoms with Crippen LogP contribution in [-0.4, -0.2) is 108 Å². The molecule has 1 aromatic carbocycles. The van der Waals surface area contributed by atoms with Gasteiger partial charge in [0.1, 0.15) is 30.2 Å². The van der Waals surface area contributed by atoms with E-state index in [-0.39, 0.29) is 69.5 Å². The predicted octanol–water partition coefficient (Wildman–Crippen LogP) is -0.385. The largest absolute Gasteiger partial charge is 0.394 e. The molecule has 0 bridgehead atoms. The lowest BCUT2D eigenvalue weighted by atomic mass is 9.84. The monoisotopic (exact) mass is 872 g/mol. The van der Waals surface area contributed by atoms with Crippen molar-refractivity contribution >= 4 is 47.3 Å². The Morgan fingerprint density at radius 2 is 1.23 bits per heavy atom. The molecule has 7 amide bonds. The summed E-state index contributed by atoms with van der Waals surface area (Å²) in [6.45, 7) is 5.27. The normalized spacial score (nSPS) is 15.7. The number of hydrogen-bond acceptors (Lipinski definition) is 10. The Hall–Kier alpha value is -5.30. The maximum absolute atomic E-state index is 14.3. The zero-order valence-corrected chi connectivity index (χ0v) is 36.8. The van der Waals surface area contributed by atoms with Gasteiger partial charge in [-0.3, -0.25) is 38.6 Å². The molecule has 0 heterocycles. The number of nitrogens with one attached hydrogen (secondary N) is 6. The minimum atomic E-state index is -1.32. The maximum Gasteiger partial charge on any atom is 0.243 e. The van der Waals surface area contributed by atoms with Crippen LogP contribution in [-0.2, 0) is 40.0 Å². The van der Waals surface area contributed by atoms with Crippen LogP contribution >= 0.6 is 0 Å². The summed E-state index contributed by atoms with van der Waals surface area (Å²) in [7, 11) is 0. The zero-order chi connectivity index (χ0) is 46.0. The van der Waals surface area contributed by atoms with E-state index in [1.807, 2.05) is 44.2 Å². The summed E-state index contributed by atoms with van der Waals surface area (Å²) in [5.41, 5.74) is 22.9. The van der Waals surface area contributed by atoms with Gasteiger partial charge in [-0.15, -0.1) is 0 Å². The molecule has 6 atom stereocenters. The number of nitrogens with zero attached hydrogens (tertiary/aromatic N) is 1. The number of carbonyl (C=O) groups is 7. The summed E-state index contributed by atoms with van der Waals surface area (Å²) in [6, 6.07) is 3.15. The Labute approximate surface area is 365 Å². The van der Waals surface area contributed by atoms with Gasteiger partial charge >= 0.3 is 0 Å². The van der Waals surface area contributed by atoms with E-state index in [0.29, 0.717) is 32.2 Å². The van der Waals surface area contributed by atoms with E-state index < -0.39 is 77.6 Å². The number of aliphatic imine (C=N–C) groups is 1. The summed E-state index contributed by atoms with van der Waals surface area (Å²) < 4.78 is 0. The van der Waals surface area contributed by atoms with Crippen molar-refractivity contribution in [2.75, 3.05) is 19.7 Å². The van der Waals surface area contributed by atoms with Gasteiger partial charge in [0.05, 0.1) is 12.6 Å². The molecule has 2 unspecified atom stereocenters. The van der Waals surface area contributed by atoms with Crippen LogP contribution in [0.5, 0.6) is 0 Å². The van der Waals surface area contributed by atoms with Crippen molar-refractivity contribution < 1.29 is 38.7 Å². The first-order valence-corrected chi connectivity index (χ1v) is 22.0. The Balaban J connectivity index is 2.36. The number of unbranched alkanes of at least 4 members (excludes halogenated alkanes) is 1. The lowest BCUT2D eigenvalue weighted by Crippen LogP contribution is -2.59. The van der Waals surface area contributed by atoms with Crippen LogP contribution in [0.4, 0.5) is 0 Å². The van der Waals surface area contributed by atoms with Gasteiger partial charge in [0.15, 0.2) is 5.96 Å². The van der Waals surface area contributed by atoms with Crippen LogP contribution < -0.4 is 54.8 Å². The molecule has 19 nitrogen and oxygen atoms in total. The van der Waals surface area contributed by atoms with Gasteiger partial charge in [-0.05, 0) is 81.7 Å². The lowest BCUT2D eigenvalue weighted by Gasteiger charge is -2.30. The Kier molecular flexibility index (Phi) is 24.8. The van der Waals surface area contributed by atoms with E-state index in [9.17, 15) is 38.7 Å². The summed E-state index contributed by atoms with van der Waals surface area (Å²) >= 11 is 0. The SMILES string of the molecule is CC(=O)N[C@@H](CCCN=C(N)N)C(=O)N[C@@H](CCC(N)=O)C(=O)N[C@@H](CC1CCCCC1)C(=O)NC(CCCCN)C(=O)N[C@@H](CC(C)C)C(=O)NC(CO)Cc1ccccc1. The standard InChI is InChI=1S/C43H73N11O8/c1-27(2)23-35(41(61)50-31(26-55)24-29-13-6-4-7-14-29)53-39(59)33(17-10-11-21-44)51-42(62)36(25-30-15-8-5-9-16-30)54-40(60)34(19-20-37(45)57)52-38(58)32(49-28(3)56)18-12-22-48-43(46)47/h4,6-7,13-14,27,30-36,55H,5,8-12,15-26,44H2,1-3H3,(H2,45,57)(H,49,56)(H,50,61)(H,51,62)(H,52,58)(H,53,59)(H,54,60)(H4,46,47,48)/t31?,32-,33?,34-,35-,36-/m0/s1. The molecule has 1 fully saturated rings. The molecule has 0 spiro atoms. The number of primary amides is 1. The quantitative estimate of drug-likeness (QED) is 0.0280. The fraction of sp³-hybridized carbons (Fsp3) is 0.674. The number of benzene rings is 1. The molecule has 0 radical (unpaired) electrons.